The number of rotatable bonds is 5. The van der Waals surface area contributed by atoms with E-state index in [0.29, 0.717) is 0 Å². The maximum atomic E-state index is 6.59. The van der Waals surface area contributed by atoms with Crippen molar-refractivity contribution < 1.29 is 4.42 Å². The van der Waals surface area contributed by atoms with Crippen molar-refractivity contribution in [1.82, 2.24) is 4.98 Å². The molecule has 11 rings (SSSR count). The lowest BCUT2D eigenvalue weighted by molar-refractivity contribution is 0.660. The average Bonchev–Trinajstić information content (AvgIpc) is 3.73. The van der Waals surface area contributed by atoms with Crippen molar-refractivity contribution in [3.63, 3.8) is 0 Å². The monoisotopic (exact) mass is 704 g/mol. The molecular formula is C52H36N2O. The average molecular weight is 705 g/mol. The van der Waals surface area contributed by atoms with Crippen molar-refractivity contribution >= 4 is 60.7 Å². The molecule has 1 aliphatic carbocycles. The number of benzene rings is 8. The van der Waals surface area contributed by atoms with Crippen LogP contribution in [-0.2, 0) is 5.41 Å². The van der Waals surface area contributed by atoms with Crippen LogP contribution in [0.4, 0.5) is 17.1 Å². The first-order valence-electron chi connectivity index (χ1n) is 19.0. The zero-order valence-corrected chi connectivity index (χ0v) is 30.6. The number of pyridine rings is 1. The molecule has 1 aliphatic rings. The van der Waals surface area contributed by atoms with E-state index in [0.717, 1.165) is 71.9 Å². The van der Waals surface area contributed by atoms with Crippen molar-refractivity contribution in [2.24, 2.45) is 0 Å². The summed E-state index contributed by atoms with van der Waals surface area (Å²) >= 11 is 0. The molecule has 0 fully saturated rings. The fourth-order valence-electron chi connectivity index (χ4n) is 8.99. The fourth-order valence-corrected chi connectivity index (χ4v) is 8.99. The number of para-hydroxylation sites is 3. The minimum absolute atomic E-state index is 0.121. The van der Waals surface area contributed by atoms with Crippen LogP contribution in [0.25, 0.3) is 77.1 Å². The van der Waals surface area contributed by atoms with E-state index in [9.17, 15) is 0 Å². The van der Waals surface area contributed by atoms with E-state index in [2.05, 4.69) is 189 Å². The normalized spacial score (nSPS) is 13.1. The van der Waals surface area contributed by atoms with Crippen molar-refractivity contribution in [2.75, 3.05) is 4.90 Å². The Morgan fingerprint density at radius 2 is 1.13 bits per heavy atom. The second-order valence-electron chi connectivity index (χ2n) is 15.1. The van der Waals surface area contributed by atoms with Gasteiger partial charge >= 0.3 is 0 Å². The van der Waals surface area contributed by atoms with Gasteiger partial charge in [-0.15, -0.1) is 0 Å². The van der Waals surface area contributed by atoms with Crippen LogP contribution >= 0.6 is 0 Å². The second-order valence-corrected chi connectivity index (χ2v) is 15.1. The van der Waals surface area contributed by atoms with Crippen molar-refractivity contribution in [3.8, 4) is 33.5 Å². The molecule has 0 saturated carbocycles. The molecule has 0 atom stereocenters. The summed E-state index contributed by atoms with van der Waals surface area (Å²) in [4.78, 5) is 7.71. The van der Waals surface area contributed by atoms with Crippen LogP contribution in [0.3, 0.4) is 0 Å². The van der Waals surface area contributed by atoms with Gasteiger partial charge in [0.2, 0.25) is 0 Å². The fraction of sp³-hybridized carbons (Fsp3) is 0.0577. The van der Waals surface area contributed by atoms with Gasteiger partial charge < -0.3 is 9.32 Å². The van der Waals surface area contributed by atoms with Crippen molar-refractivity contribution in [1.29, 1.82) is 0 Å². The molecule has 0 unspecified atom stereocenters. The molecule has 8 aromatic carbocycles. The summed E-state index contributed by atoms with van der Waals surface area (Å²) in [5, 5.41) is 5.51. The van der Waals surface area contributed by atoms with Gasteiger partial charge in [-0.25, -0.2) is 4.98 Å². The number of fused-ring (bicyclic) bond motifs is 10. The number of hydrogen-bond acceptors (Lipinski definition) is 3. The highest BCUT2D eigenvalue weighted by molar-refractivity contribution is 6.24. The predicted octanol–water partition coefficient (Wildman–Crippen LogP) is 14.4. The van der Waals surface area contributed by atoms with Crippen LogP contribution in [0, 0.1) is 0 Å². The molecule has 0 spiro atoms. The van der Waals surface area contributed by atoms with Gasteiger partial charge in [0.25, 0.3) is 0 Å². The third-order valence-electron chi connectivity index (χ3n) is 11.7. The largest absolute Gasteiger partial charge is 0.455 e. The maximum absolute atomic E-state index is 6.59. The van der Waals surface area contributed by atoms with Crippen molar-refractivity contribution in [3.05, 3.63) is 193 Å². The smallest absolute Gasteiger partial charge is 0.144 e. The van der Waals surface area contributed by atoms with Crippen LogP contribution in [0.5, 0.6) is 0 Å². The molecule has 0 N–H and O–H groups in total. The van der Waals surface area contributed by atoms with Crippen LogP contribution in [0.2, 0.25) is 0 Å². The lowest BCUT2D eigenvalue weighted by atomic mass is 9.82. The van der Waals surface area contributed by atoms with Gasteiger partial charge in [0.05, 0.1) is 16.9 Å². The van der Waals surface area contributed by atoms with Crippen molar-refractivity contribution in [2.45, 2.75) is 19.3 Å². The molecule has 0 saturated heterocycles. The number of anilines is 3. The van der Waals surface area contributed by atoms with Crippen LogP contribution in [-0.4, -0.2) is 4.98 Å². The quantitative estimate of drug-likeness (QED) is 0.167. The summed E-state index contributed by atoms with van der Waals surface area (Å²) in [5.41, 5.74) is 15.6. The highest BCUT2D eigenvalue weighted by Gasteiger charge is 2.36. The van der Waals surface area contributed by atoms with E-state index in [4.69, 9.17) is 9.40 Å². The molecule has 0 bridgehead atoms. The Hall–Kier alpha value is -6.97. The lowest BCUT2D eigenvalue weighted by Crippen LogP contribution is -2.16. The van der Waals surface area contributed by atoms with E-state index >= 15 is 0 Å². The molecule has 2 heterocycles. The lowest BCUT2D eigenvalue weighted by Gasteiger charge is -2.30. The Kier molecular flexibility index (Phi) is 6.90. The summed E-state index contributed by atoms with van der Waals surface area (Å²) in [6.45, 7) is 4.69. The molecule has 0 radical (unpaired) electrons. The Morgan fingerprint density at radius 1 is 0.473 bits per heavy atom. The summed E-state index contributed by atoms with van der Waals surface area (Å²) < 4.78 is 6.59. The Balaban J connectivity index is 1.10. The first-order valence-corrected chi connectivity index (χ1v) is 19.0. The third kappa shape index (κ3) is 4.79. The molecule has 0 aliphatic heterocycles. The van der Waals surface area contributed by atoms with Gasteiger partial charge in [-0.3, -0.25) is 0 Å². The third-order valence-corrected chi connectivity index (χ3v) is 11.7. The Morgan fingerprint density at radius 3 is 1.98 bits per heavy atom. The van der Waals surface area contributed by atoms with E-state index in [-0.39, 0.29) is 5.41 Å². The van der Waals surface area contributed by atoms with Gasteiger partial charge in [0, 0.05) is 54.8 Å². The molecule has 3 nitrogen and oxygen atoms in total. The zero-order chi connectivity index (χ0) is 36.7. The van der Waals surface area contributed by atoms with Gasteiger partial charge in [0.15, 0.2) is 0 Å². The summed E-state index contributed by atoms with van der Waals surface area (Å²) in [6.07, 6.45) is 0. The van der Waals surface area contributed by atoms with Gasteiger partial charge in [-0.05, 0) is 76.3 Å². The van der Waals surface area contributed by atoms with E-state index < -0.39 is 0 Å². The highest BCUT2D eigenvalue weighted by atomic mass is 16.3. The standard InChI is InChI=1S/C52H36N2O/c1-52(2)44-20-10-6-17-38(44)39-29-28-36(32-45(39)52)54(47-22-12-8-16-37(47)33-14-4-3-5-15-33)35-26-24-34(25-27-35)50-43-31-30-41-40-18-9-13-23-48(40)55-51(41)49(43)42-19-7-11-21-46(42)53-50/h3-32H,1-2H3. The number of furan rings is 1. The van der Waals surface area contributed by atoms with Crippen LogP contribution in [0.1, 0.15) is 25.0 Å². The van der Waals surface area contributed by atoms with Crippen LogP contribution < -0.4 is 4.90 Å². The summed E-state index contributed by atoms with van der Waals surface area (Å²) in [5.74, 6) is 0. The molecular weight excluding hydrogens is 669 g/mol. The van der Waals surface area contributed by atoms with Crippen LogP contribution in [0.15, 0.2) is 186 Å². The predicted molar refractivity (Wildman–Crippen MR) is 230 cm³/mol. The number of hydrogen-bond donors (Lipinski definition) is 0. The molecule has 0 amide bonds. The minimum Gasteiger partial charge on any atom is -0.455 e. The Labute approximate surface area is 319 Å². The topological polar surface area (TPSA) is 29.3 Å². The van der Waals surface area contributed by atoms with Gasteiger partial charge in [-0.2, -0.15) is 0 Å². The summed E-state index contributed by atoms with van der Waals surface area (Å²) in [6, 6.07) is 65.3. The minimum atomic E-state index is -0.121. The first-order chi connectivity index (χ1) is 27.0. The van der Waals surface area contributed by atoms with Gasteiger partial charge in [0.1, 0.15) is 11.2 Å². The second kappa shape index (κ2) is 12.0. The highest BCUT2D eigenvalue weighted by Crippen LogP contribution is 2.51. The molecule has 10 aromatic rings. The zero-order valence-electron chi connectivity index (χ0n) is 30.6. The van der Waals surface area contributed by atoms with E-state index in [1.165, 1.54) is 33.4 Å². The maximum Gasteiger partial charge on any atom is 0.144 e. The summed E-state index contributed by atoms with van der Waals surface area (Å²) in [7, 11) is 0. The van der Waals surface area contributed by atoms with Gasteiger partial charge in [-0.1, -0.05) is 147 Å². The number of aromatic nitrogens is 1. The SMILES string of the molecule is CC1(C)c2ccccc2-c2ccc(N(c3ccc(-c4nc5ccccc5c5c4ccc4c6ccccc6oc45)cc3)c3ccccc3-c3ccccc3)cc21. The molecule has 3 heteroatoms. The Bertz CT molecular complexity index is 3120. The van der Waals surface area contributed by atoms with E-state index in [1.807, 2.05) is 12.1 Å². The number of nitrogens with zero attached hydrogens (tertiary/aromatic N) is 2. The molecule has 2 aromatic heterocycles. The first kappa shape index (κ1) is 31.5. The van der Waals surface area contributed by atoms with E-state index in [1.54, 1.807) is 0 Å². The molecule has 55 heavy (non-hydrogen) atoms. The molecule has 260 valence electrons.